The summed E-state index contributed by atoms with van der Waals surface area (Å²) in [6.07, 6.45) is 5.15. The van der Waals surface area contributed by atoms with Crippen LogP contribution in [0.25, 0.3) is 16.7 Å². The van der Waals surface area contributed by atoms with E-state index >= 15 is 0 Å². The zero-order chi connectivity index (χ0) is 14.4. The molecule has 2 rings (SSSR count). The molecule has 2 aromatic rings. The Morgan fingerprint density at radius 1 is 0.950 bits per heavy atom. The van der Waals surface area contributed by atoms with Gasteiger partial charge in [0, 0.05) is 0 Å². The highest BCUT2D eigenvalue weighted by atomic mass is 16.4. The van der Waals surface area contributed by atoms with Gasteiger partial charge in [-0.15, -0.1) is 0 Å². The minimum Gasteiger partial charge on any atom is -0.478 e. The normalized spacial score (nSPS) is 11.8. The Labute approximate surface area is 118 Å². The van der Waals surface area contributed by atoms with Crippen molar-refractivity contribution in [3.05, 3.63) is 78.4 Å². The van der Waals surface area contributed by atoms with Crippen molar-refractivity contribution in [2.24, 2.45) is 0 Å². The number of hydrogen-bond acceptors (Lipinski definition) is 1. The molecule has 2 heteroatoms. The summed E-state index contributed by atoms with van der Waals surface area (Å²) in [5.74, 6) is -0.921. The number of carboxylic acids is 1. The SMILES string of the molecule is CC=CC=C(C(=O)O)c1ccc(-c2ccccc2)cc1. The summed E-state index contributed by atoms with van der Waals surface area (Å²) in [6.45, 7) is 1.86. The first-order chi connectivity index (χ1) is 9.72. The maximum Gasteiger partial charge on any atom is 0.336 e. The minimum atomic E-state index is -0.921. The van der Waals surface area contributed by atoms with Gasteiger partial charge >= 0.3 is 5.97 Å². The molecule has 0 unspecified atom stereocenters. The summed E-state index contributed by atoms with van der Waals surface area (Å²) in [6, 6.07) is 17.6. The van der Waals surface area contributed by atoms with Crippen molar-refractivity contribution in [3.63, 3.8) is 0 Å². The van der Waals surface area contributed by atoms with Crippen LogP contribution in [0.2, 0.25) is 0 Å². The Bertz CT molecular complexity index is 635. The molecule has 0 aliphatic rings. The smallest absolute Gasteiger partial charge is 0.336 e. The highest BCUT2D eigenvalue weighted by molar-refractivity contribution is 6.15. The van der Waals surface area contributed by atoms with Crippen molar-refractivity contribution in [2.45, 2.75) is 6.92 Å². The number of aliphatic carboxylic acids is 1. The molecule has 1 N–H and O–H groups in total. The molecule has 0 aliphatic carbocycles. The summed E-state index contributed by atoms with van der Waals surface area (Å²) in [7, 11) is 0. The Hall–Kier alpha value is -2.61. The number of hydrogen-bond donors (Lipinski definition) is 1. The molecule has 0 amide bonds. The van der Waals surface area contributed by atoms with Crippen LogP contribution in [0.15, 0.2) is 72.8 Å². The van der Waals surface area contributed by atoms with Crippen LogP contribution in [0, 0.1) is 0 Å². The molecule has 100 valence electrons. The lowest BCUT2D eigenvalue weighted by atomic mass is 10.00. The van der Waals surface area contributed by atoms with E-state index in [4.69, 9.17) is 0 Å². The first kappa shape index (κ1) is 13.8. The van der Waals surface area contributed by atoms with Gasteiger partial charge in [0.2, 0.25) is 0 Å². The molecular formula is C18H16O2. The molecule has 0 aromatic heterocycles. The molecule has 0 fully saturated rings. The molecule has 0 spiro atoms. The molecule has 2 aromatic carbocycles. The Balaban J connectivity index is 2.34. The van der Waals surface area contributed by atoms with Crippen LogP contribution in [0.1, 0.15) is 12.5 Å². The van der Waals surface area contributed by atoms with Crippen LogP contribution in [-0.4, -0.2) is 11.1 Å². The average Bonchev–Trinajstić information content (AvgIpc) is 2.49. The summed E-state index contributed by atoms with van der Waals surface area (Å²) < 4.78 is 0. The van der Waals surface area contributed by atoms with Gasteiger partial charge in [-0.1, -0.05) is 66.7 Å². The molecule has 0 atom stereocenters. The van der Waals surface area contributed by atoms with Gasteiger partial charge in [-0.05, 0) is 29.7 Å². The van der Waals surface area contributed by atoms with Crippen LogP contribution in [0.4, 0.5) is 0 Å². The van der Waals surface area contributed by atoms with E-state index in [-0.39, 0.29) is 0 Å². The van der Waals surface area contributed by atoms with Gasteiger partial charge in [0.05, 0.1) is 5.57 Å². The largest absolute Gasteiger partial charge is 0.478 e. The maximum absolute atomic E-state index is 11.3. The minimum absolute atomic E-state index is 0.294. The second-order valence-electron chi connectivity index (χ2n) is 4.35. The predicted molar refractivity (Wildman–Crippen MR) is 82.3 cm³/mol. The standard InChI is InChI=1S/C18H16O2/c1-2-3-9-17(18(19)20)16-12-10-15(11-13-16)14-7-5-4-6-8-14/h2-13H,1H3,(H,19,20). The number of carboxylic acid groups (broad SMARTS) is 1. The van der Waals surface area contributed by atoms with Gasteiger partial charge in [0.15, 0.2) is 0 Å². The maximum atomic E-state index is 11.3. The number of benzene rings is 2. The van der Waals surface area contributed by atoms with Gasteiger partial charge in [-0.2, -0.15) is 0 Å². The van der Waals surface area contributed by atoms with E-state index in [0.29, 0.717) is 11.1 Å². The Morgan fingerprint density at radius 3 is 2.10 bits per heavy atom. The molecular weight excluding hydrogens is 248 g/mol. The third kappa shape index (κ3) is 3.23. The molecule has 2 nitrogen and oxygen atoms in total. The van der Waals surface area contributed by atoms with Crippen molar-refractivity contribution in [1.29, 1.82) is 0 Å². The fourth-order valence-corrected chi connectivity index (χ4v) is 1.96. The van der Waals surface area contributed by atoms with Gasteiger partial charge in [0.1, 0.15) is 0 Å². The summed E-state index contributed by atoms with van der Waals surface area (Å²) in [5.41, 5.74) is 3.19. The van der Waals surface area contributed by atoms with Gasteiger partial charge in [-0.25, -0.2) is 4.79 Å². The van der Waals surface area contributed by atoms with Gasteiger partial charge in [-0.3, -0.25) is 0 Å². The molecule has 0 aliphatic heterocycles. The van der Waals surface area contributed by atoms with Crippen molar-refractivity contribution in [1.82, 2.24) is 0 Å². The molecule has 0 saturated carbocycles. The first-order valence-corrected chi connectivity index (χ1v) is 6.44. The van der Waals surface area contributed by atoms with Crippen LogP contribution in [-0.2, 0) is 4.79 Å². The molecule has 0 bridgehead atoms. The quantitative estimate of drug-likeness (QED) is 0.656. The number of rotatable bonds is 4. The summed E-state index contributed by atoms with van der Waals surface area (Å²) in [5, 5.41) is 9.24. The zero-order valence-corrected chi connectivity index (χ0v) is 11.3. The summed E-state index contributed by atoms with van der Waals surface area (Å²) in [4.78, 5) is 11.3. The van der Waals surface area contributed by atoms with E-state index in [2.05, 4.69) is 0 Å². The van der Waals surface area contributed by atoms with E-state index in [1.54, 1.807) is 18.2 Å². The topological polar surface area (TPSA) is 37.3 Å². The van der Waals surface area contributed by atoms with Crippen molar-refractivity contribution in [3.8, 4) is 11.1 Å². The average molecular weight is 264 g/mol. The van der Waals surface area contributed by atoms with Crippen molar-refractivity contribution >= 4 is 11.5 Å². The highest BCUT2D eigenvalue weighted by Gasteiger charge is 2.09. The second kappa shape index (κ2) is 6.53. The van der Waals surface area contributed by atoms with E-state index < -0.39 is 5.97 Å². The zero-order valence-electron chi connectivity index (χ0n) is 11.3. The monoisotopic (exact) mass is 264 g/mol. The lowest BCUT2D eigenvalue weighted by molar-refractivity contribution is -0.130. The predicted octanol–water partition coefficient (Wildman–Crippen LogP) is 4.40. The van der Waals surface area contributed by atoms with E-state index in [0.717, 1.165) is 11.1 Å². The fourth-order valence-electron chi connectivity index (χ4n) is 1.96. The Kier molecular flexibility index (Phi) is 4.51. The Morgan fingerprint density at radius 2 is 1.55 bits per heavy atom. The number of allylic oxidation sites excluding steroid dienone is 3. The van der Waals surface area contributed by atoms with Crippen LogP contribution >= 0.6 is 0 Å². The van der Waals surface area contributed by atoms with Crippen LogP contribution < -0.4 is 0 Å². The first-order valence-electron chi connectivity index (χ1n) is 6.44. The van der Waals surface area contributed by atoms with Gasteiger partial charge in [0.25, 0.3) is 0 Å². The second-order valence-corrected chi connectivity index (χ2v) is 4.35. The lowest BCUT2D eigenvalue weighted by Gasteiger charge is -2.05. The number of carbonyl (C=O) groups is 1. The van der Waals surface area contributed by atoms with E-state index in [1.165, 1.54) is 0 Å². The van der Waals surface area contributed by atoms with Crippen LogP contribution in [0.5, 0.6) is 0 Å². The third-order valence-electron chi connectivity index (χ3n) is 2.99. The third-order valence-corrected chi connectivity index (χ3v) is 2.99. The lowest BCUT2D eigenvalue weighted by Crippen LogP contribution is -1.99. The summed E-state index contributed by atoms with van der Waals surface area (Å²) >= 11 is 0. The van der Waals surface area contributed by atoms with E-state index in [9.17, 15) is 9.90 Å². The van der Waals surface area contributed by atoms with Gasteiger partial charge < -0.3 is 5.11 Å². The molecule has 0 heterocycles. The molecule has 0 radical (unpaired) electrons. The molecule has 0 saturated heterocycles. The fraction of sp³-hybridized carbons (Fsp3) is 0.0556. The van der Waals surface area contributed by atoms with Crippen molar-refractivity contribution in [2.75, 3.05) is 0 Å². The molecule has 20 heavy (non-hydrogen) atoms. The van der Waals surface area contributed by atoms with E-state index in [1.807, 2.05) is 61.5 Å². The van der Waals surface area contributed by atoms with Crippen LogP contribution in [0.3, 0.4) is 0 Å². The van der Waals surface area contributed by atoms with Crippen molar-refractivity contribution < 1.29 is 9.90 Å². The highest BCUT2D eigenvalue weighted by Crippen LogP contribution is 2.22.